The van der Waals surface area contributed by atoms with Crippen molar-refractivity contribution >= 4 is 16.8 Å². The highest BCUT2D eigenvalue weighted by molar-refractivity contribution is 5.98. The van der Waals surface area contributed by atoms with Gasteiger partial charge in [-0.3, -0.25) is 14.2 Å². The van der Waals surface area contributed by atoms with Gasteiger partial charge in [0.15, 0.2) is 11.5 Å². The maximum Gasteiger partial charge on any atom is 0.261 e. The Morgan fingerprint density at radius 2 is 1.82 bits per heavy atom. The van der Waals surface area contributed by atoms with Crippen LogP contribution in [0.3, 0.4) is 0 Å². The van der Waals surface area contributed by atoms with Crippen molar-refractivity contribution in [2.45, 2.75) is 51.1 Å². The second kappa shape index (κ2) is 8.89. The summed E-state index contributed by atoms with van der Waals surface area (Å²) in [5.41, 5.74) is 2.21. The van der Waals surface area contributed by atoms with E-state index < -0.39 is 0 Å². The van der Waals surface area contributed by atoms with Crippen LogP contribution in [0.4, 0.5) is 0 Å². The van der Waals surface area contributed by atoms with E-state index in [1.807, 2.05) is 27.7 Å². The molecule has 2 aromatic carbocycles. The minimum atomic E-state index is -0.0361. The molecule has 0 spiro atoms. The molecule has 1 aromatic heterocycles. The number of aryl methyl sites for hydroxylation is 1. The lowest BCUT2D eigenvalue weighted by Gasteiger charge is -2.26. The van der Waals surface area contributed by atoms with Crippen molar-refractivity contribution in [1.29, 1.82) is 0 Å². The van der Waals surface area contributed by atoms with Crippen LogP contribution in [0, 0.1) is 0 Å². The number of amides is 1. The Bertz CT molecular complexity index is 1270. The molecule has 1 amide bonds. The number of carbonyl (C=O) groups is 1. The Hall–Kier alpha value is -3.35. The van der Waals surface area contributed by atoms with Crippen molar-refractivity contribution in [3.63, 3.8) is 0 Å². The summed E-state index contributed by atoms with van der Waals surface area (Å²) < 4.78 is 12.6. The molecule has 0 N–H and O–H groups in total. The number of ether oxygens (including phenoxy) is 2. The quantitative estimate of drug-likeness (QED) is 0.602. The highest BCUT2D eigenvalue weighted by Gasteiger charge is 2.31. The van der Waals surface area contributed by atoms with Crippen molar-refractivity contribution in [2.24, 2.45) is 0 Å². The third-order valence-corrected chi connectivity index (χ3v) is 6.87. The topological polar surface area (TPSA) is 73.7 Å². The van der Waals surface area contributed by atoms with Crippen molar-refractivity contribution < 1.29 is 14.3 Å². The Morgan fingerprint density at radius 1 is 0.970 bits per heavy atom. The molecule has 0 bridgehead atoms. The van der Waals surface area contributed by atoms with E-state index in [4.69, 9.17) is 14.5 Å². The zero-order valence-corrected chi connectivity index (χ0v) is 19.2. The molecule has 3 heterocycles. The fraction of sp³-hybridized carbons (Fsp3) is 0.423. The summed E-state index contributed by atoms with van der Waals surface area (Å²) in [4.78, 5) is 33.3. The summed E-state index contributed by atoms with van der Waals surface area (Å²) >= 11 is 0. The largest absolute Gasteiger partial charge is 0.493 e. The van der Waals surface area contributed by atoms with Crippen molar-refractivity contribution in [1.82, 2.24) is 14.5 Å². The summed E-state index contributed by atoms with van der Waals surface area (Å²) in [5.74, 6) is 2.12. The summed E-state index contributed by atoms with van der Waals surface area (Å²) in [6, 6.07) is 11.1. The van der Waals surface area contributed by atoms with Gasteiger partial charge in [0.05, 0.1) is 31.2 Å². The van der Waals surface area contributed by atoms with Crippen LogP contribution in [-0.4, -0.2) is 41.1 Å². The van der Waals surface area contributed by atoms with Gasteiger partial charge in [0, 0.05) is 25.1 Å². The molecule has 3 aromatic rings. The SMILES string of the molecule is COc1ccc([C@H]2CCCN2C(=O)c2ccc3c(=O)n4c(nc3c2)CCCCC4)cc1OC. The number of likely N-dealkylation sites (tertiary alicyclic amines) is 1. The van der Waals surface area contributed by atoms with Gasteiger partial charge in [0.25, 0.3) is 11.5 Å². The predicted molar refractivity (Wildman–Crippen MR) is 126 cm³/mol. The fourth-order valence-electron chi connectivity index (χ4n) is 5.13. The van der Waals surface area contributed by atoms with Crippen LogP contribution in [0.2, 0.25) is 0 Å². The number of nitrogens with zero attached hydrogens (tertiary/aromatic N) is 3. The van der Waals surface area contributed by atoms with E-state index in [2.05, 4.69) is 0 Å². The van der Waals surface area contributed by atoms with E-state index in [1.54, 1.807) is 32.4 Å². The van der Waals surface area contributed by atoms with Crippen LogP contribution in [0.1, 0.15) is 59.9 Å². The monoisotopic (exact) mass is 447 g/mol. The third-order valence-electron chi connectivity index (χ3n) is 6.87. The number of benzene rings is 2. The molecule has 2 aliphatic heterocycles. The van der Waals surface area contributed by atoms with Crippen molar-refractivity contribution in [3.8, 4) is 11.5 Å². The first kappa shape index (κ1) is 21.5. The average Bonchev–Trinajstić information content (AvgIpc) is 3.22. The summed E-state index contributed by atoms with van der Waals surface area (Å²) in [6.45, 7) is 1.41. The predicted octanol–water partition coefficient (Wildman–Crippen LogP) is 4.12. The number of fused-ring (bicyclic) bond motifs is 2. The Labute approximate surface area is 192 Å². The maximum atomic E-state index is 13.5. The number of hydrogen-bond acceptors (Lipinski definition) is 5. The molecule has 5 rings (SSSR count). The molecule has 1 atom stereocenters. The molecule has 1 fully saturated rings. The minimum Gasteiger partial charge on any atom is -0.493 e. The molecule has 7 heteroatoms. The Morgan fingerprint density at radius 3 is 2.64 bits per heavy atom. The molecule has 0 aliphatic carbocycles. The first-order valence-corrected chi connectivity index (χ1v) is 11.7. The van der Waals surface area contributed by atoms with Gasteiger partial charge in [-0.1, -0.05) is 12.5 Å². The molecule has 7 nitrogen and oxygen atoms in total. The molecular weight excluding hydrogens is 418 g/mol. The Kier molecular flexibility index (Phi) is 5.79. The molecule has 0 saturated carbocycles. The fourth-order valence-corrected chi connectivity index (χ4v) is 5.13. The van der Waals surface area contributed by atoms with E-state index in [0.717, 1.165) is 56.5 Å². The maximum absolute atomic E-state index is 13.5. The van der Waals surface area contributed by atoms with E-state index in [9.17, 15) is 9.59 Å². The van der Waals surface area contributed by atoms with E-state index in [1.165, 1.54) is 0 Å². The number of methoxy groups -OCH3 is 2. The summed E-state index contributed by atoms with van der Waals surface area (Å²) in [6.07, 6.45) is 5.78. The lowest BCUT2D eigenvalue weighted by molar-refractivity contribution is 0.0735. The van der Waals surface area contributed by atoms with Gasteiger partial charge < -0.3 is 14.4 Å². The van der Waals surface area contributed by atoms with Gasteiger partial charge in [-0.25, -0.2) is 4.98 Å². The molecular formula is C26H29N3O4. The normalized spacial score (nSPS) is 18.1. The zero-order chi connectivity index (χ0) is 22.9. The number of hydrogen-bond donors (Lipinski definition) is 0. The van der Waals surface area contributed by atoms with Crippen molar-refractivity contribution in [2.75, 3.05) is 20.8 Å². The van der Waals surface area contributed by atoms with Crippen molar-refractivity contribution in [3.05, 3.63) is 63.7 Å². The standard InChI is InChI=1S/C26H29N3O4/c1-32-22-12-10-17(16-23(22)33-2)21-7-6-14-28(21)25(30)18-9-11-19-20(15-18)27-24-8-4-3-5-13-29(24)26(19)31/h9-12,15-16,21H,3-8,13-14H2,1-2H3/t21-/m1/s1. The van der Waals surface area contributed by atoms with Gasteiger partial charge in [-0.05, 0) is 61.6 Å². The lowest BCUT2D eigenvalue weighted by Crippen LogP contribution is -2.31. The van der Waals surface area contributed by atoms with Crippen LogP contribution >= 0.6 is 0 Å². The lowest BCUT2D eigenvalue weighted by atomic mass is 10.0. The van der Waals surface area contributed by atoms with Gasteiger partial charge in [0.1, 0.15) is 5.82 Å². The zero-order valence-electron chi connectivity index (χ0n) is 19.2. The molecule has 172 valence electrons. The highest BCUT2D eigenvalue weighted by atomic mass is 16.5. The minimum absolute atomic E-state index is 0.000255. The average molecular weight is 448 g/mol. The second-order valence-corrected chi connectivity index (χ2v) is 8.80. The van der Waals surface area contributed by atoms with Crippen LogP contribution < -0.4 is 15.0 Å². The smallest absolute Gasteiger partial charge is 0.261 e. The third kappa shape index (κ3) is 3.86. The molecule has 1 saturated heterocycles. The van der Waals surface area contributed by atoms with Gasteiger partial charge in [0.2, 0.25) is 0 Å². The van der Waals surface area contributed by atoms with Crippen LogP contribution in [0.15, 0.2) is 41.2 Å². The molecule has 33 heavy (non-hydrogen) atoms. The van der Waals surface area contributed by atoms with Gasteiger partial charge in [-0.15, -0.1) is 0 Å². The van der Waals surface area contributed by atoms with Crippen LogP contribution in [-0.2, 0) is 13.0 Å². The van der Waals surface area contributed by atoms with Crippen LogP contribution in [0.5, 0.6) is 11.5 Å². The number of carbonyl (C=O) groups excluding carboxylic acids is 1. The second-order valence-electron chi connectivity index (χ2n) is 8.80. The molecule has 2 aliphatic rings. The van der Waals surface area contributed by atoms with Gasteiger partial charge >= 0.3 is 0 Å². The molecule has 0 radical (unpaired) electrons. The van der Waals surface area contributed by atoms with E-state index in [0.29, 0.717) is 34.5 Å². The Balaban J connectivity index is 1.48. The molecule has 0 unspecified atom stereocenters. The number of aromatic nitrogens is 2. The van der Waals surface area contributed by atoms with Crippen LogP contribution in [0.25, 0.3) is 10.9 Å². The first-order valence-electron chi connectivity index (χ1n) is 11.7. The summed E-state index contributed by atoms with van der Waals surface area (Å²) in [5, 5.41) is 0.579. The summed E-state index contributed by atoms with van der Waals surface area (Å²) in [7, 11) is 3.23. The number of rotatable bonds is 4. The van der Waals surface area contributed by atoms with Gasteiger partial charge in [-0.2, -0.15) is 0 Å². The van der Waals surface area contributed by atoms with E-state index >= 15 is 0 Å². The highest BCUT2D eigenvalue weighted by Crippen LogP contribution is 2.37. The first-order chi connectivity index (χ1) is 16.1. The van der Waals surface area contributed by atoms with E-state index in [-0.39, 0.29) is 17.5 Å².